The zero-order valence-corrected chi connectivity index (χ0v) is 15.1. The molecule has 4 rings (SSSR count). The van der Waals surface area contributed by atoms with E-state index in [1.54, 1.807) is 0 Å². The van der Waals surface area contributed by atoms with Crippen LogP contribution in [-0.4, -0.2) is 54.4 Å². The van der Waals surface area contributed by atoms with Crippen LogP contribution in [0, 0.1) is 19.3 Å². The van der Waals surface area contributed by atoms with E-state index in [1.807, 2.05) is 26.1 Å². The second kappa shape index (κ2) is 6.77. The number of rotatable bonds is 3. The van der Waals surface area contributed by atoms with Crippen LogP contribution in [0.2, 0.25) is 0 Å². The highest BCUT2D eigenvalue weighted by Gasteiger charge is 2.41. The predicted molar refractivity (Wildman–Crippen MR) is 95.6 cm³/mol. The third-order valence-corrected chi connectivity index (χ3v) is 5.49. The van der Waals surface area contributed by atoms with E-state index in [4.69, 9.17) is 9.26 Å². The van der Waals surface area contributed by atoms with Gasteiger partial charge in [0.1, 0.15) is 11.6 Å². The zero-order valence-electron chi connectivity index (χ0n) is 15.1. The lowest BCUT2D eigenvalue weighted by Gasteiger charge is -2.32. The molecule has 6 nitrogen and oxygen atoms in total. The van der Waals surface area contributed by atoms with E-state index in [2.05, 4.69) is 32.1 Å². The third-order valence-electron chi connectivity index (χ3n) is 5.49. The van der Waals surface area contributed by atoms with Crippen molar-refractivity contribution in [2.24, 2.45) is 5.41 Å². The lowest BCUT2D eigenvalue weighted by molar-refractivity contribution is 0.0798. The molecule has 25 heavy (non-hydrogen) atoms. The fourth-order valence-corrected chi connectivity index (χ4v) is 4.09. The highest BCUT2D eigenvalue weighted by atomic mass is 16.5. The molecule has 0 aromatic carbocycles. The van der Waals surface area contributed by atoms with Gasteiger partial charge in [0, 0.05) is 49.9 Å². The molecule has 2 aromatic rings. The number of pyridine rings is 1. The van der Waals surface area contributed by atoms with Gasteiger partial charge in [-0.3, -0.25) is 4.90 Å². The van der Waals surface area contributed by atoms with Crippen LogP contribution in [0.1, 0.15) is 23.4 Å². The molecule has 2 aliphatic heterocycles. The number of hydrogen-bond acceptors (Lipinski definition) is 6. The molecule has 0 bridgehead atoms. The van der Waals surface area contributed by atoms with Crippen LogP contribution in [0.3, 0.4) is 0 Å². The highest BCUT2D eigenvalue weighted by Crippen LogP contribution is 2.35. The maximum Gasteiger partial charge on any atom is 0.138 e. The summed E-state index contributed by atoms with van der Waals surface area (Å²) in [5.74, 6) is 2.00. The summed E-state index contributed by atoms with van der Waals surface area (Å²) in [7, 11) is 0. The van der Waals surface area contributed by atoms with Crippen molar-refractivity contribution >= 4 is 5.82 Å². The minimum absolute atomic E-state index is 0.174. The van der Waals surface area contributed by atoms with Gasteiger partial charge >= 0.3 is 0 Å². The number of aromatic nitrogens is 2. The Balaban J connectivity index is 1.49. The molecule has 0 N–H and O–H groups in total. The summed E-state index contributed by atoms with van der Waals surface area (Å²) in [6, 6.07) is 6.12. The summed E-state index contributed by atoms with van der Waals surface area (Å²) in [6.07, 6.45) is 3.01. The van der Waals surface area contributed by atoms with Gasteiger partial charge in [0.15, 0.2) is 0 Å². The van der Waals surface area contributed by atoms with Crippen LogP contribution >= 0.6 is 0 Å². The van der Waals surface area contributed by atoms with Gasteiger partial charge in [0.05, 0.1) is 18.9 Å². The first-order valence-electron chi connectivity index (χ1n) is 9.03. The Hall–Kier alpha value is -1.92. The fraction of sp³-hybridized carbons (Fsp3) is 0.579. The van der Waals surface area contributed by atoms with E-state index in [-0.39, 0.29) is 5.41 Å². The highest BCUT2D eigenvalue weighted by molar-refractivity contribution is 5.40. The van der Waals surface area contributed by atoms with Gasteiger partial charge in [-0.2, -0.15) is 0 Å². The van der Waals surface area contributed by atoms with Gasteiger partial charge in [-0.25, -0.2) is 4.98 Å². The van der Waals surface area contributed by atoms with Crippen molar-refractivity contribution in [3.8, 4) is 0 Å². The summed E-state index contributed by atoms with van der Waals surface area (Å²) < 4.78 is 11.3. The molecule has 1 unspecified atom stereocenters. The standard InChI is InChI=1S/C19H26N4O2/c1-15-17(16(2)25-21-15)11-22-9-10-24-14-19(12-22)6-8-23(13-19)18-5-3-4-7-20-18/h3-5,7H,6,8-14H2,1-2H3. The van der Waals surface area contributed by atoms with Crippen molar-refractivity contribution in [1.29, 1.82) is 0 Å². The normalized spacial score (nSPS) is 24.8. The minimum Gasteiger partial charge on any atom is -0.379 e. The molecule has 1 spiro atoms. The first kappa shape index (κ1) is 16.5. The van der Waals surface area contributed by atoms with Crippen LogP contribution in [0.15, 0.2) is 28.9 Å². The predicted octanol–water partition coefficient (Wildman–Crippen LogP) is 2.42. The Labute approximate surface area is 148 Å². The molecule has 0 saturated carbocycles. The summed E-state index contributed by atoms with van der Waals surface area (Å²) in [6.45, 7) is 10.6. The smallest absolute Gasteiger partial charge is 0.138 e. The summed E-state index contributed by atoms with van der Waals surface area (Å²) >= 11 is 0. The van der Waals surface area contributed by atoms with E-state index in [0.29, 0.717) is 0 Å². The molecule has 0 aliphatic carbocycles. The van der Waals surface area contributed by atoms with Gasteiger partial charge in [-0.15, -0.1) is 0 Å². The quantitative estimate of drug-likeness (QED) is 0.854. The second-order valence-electron chi connectivity index (χ2n) is 7.43. The molecule has 2 fully saturated rings. The van der Waals surface area contributed by atoms with Crippen molar-refractivity contribution < 1.29 is 9.26 Å². The maximum atomic E-state index is 6.00. The summed E-state index contributed by atoms with van der Waals surface area (Å²) in [4.78, 5) is 9.41. The average Bonchev–Trinajstić information content (AvgIpc) is 3.10. The van der Waals surface area contributed by atoms with Gasteiger partial charge in [0.2, 0.25) is 0 Å². The number of nitrogens with zero attached hydrogens (tertiary/aromatic N) is 4. The lowest BCUT2D eigenvalue weighted by Crippen LogP contribution is -2.40. The van der Waals surface area contributed by atoms with Crippen molar-refractivity contribution in [3.05, 3.63) is 41.4 Å². The molecular weight excluding hydrogens is 316 g/mol. The summed E-state index contributed by atoms with van der Waals surface area (Å²) in [5, 5.41) is 4.10. The van der Waals surface area contributed by atoms with E-state index >= 15 is 0 Å². The van der Waals surface area contributed by atoms with Gasteiger partial charge in [-0.1, -0.05) is 11.2 Å². The molecule has 134 valence electrons. The Bertz CT molecular complexity index is 698. The van der Waals surface area contributed by atoms with Gasteiger partial charge in [-0.05, 0) is 32.4 Å². The SMILES string of the molecule is Cc1noc(C)c1CN1CCOCC2(CCN(c3ccccn3)C2)C1. The molecule has 2 aliphatic rings. The number of aryl methyl sites for hydroxylation is 2. The molecule has 6 heteroatoms. The summed E-state index contributed by atoms with van der Waals surface area (Å²) in [5.41, 5.74) is 2.39. The maximum absolute atomic E-state index is 6.00. The molecule has 4 heterocycles. The van der Waals surface area contributed by atoms with Crippen LogP contribution in [0.4, 0.5) is 5.82 Å². The van der Waals surface area contributed by atoms with E-state index in [0.717, 1.165) is 69.6 Å². The third kappa shape index (κ3) is 3.41. The Kier molecular flexibility index (Phi) is 4.48. The fourth-order valence-electron chi connectivity index (χ4n) is 4.09. The van der Waals surface area contributed by atoms with Crippen molar-refractivity contribution in [2.75, 3.05) is 44.3 Å². The molecule has 2 aromatic heterocycles. The lowest BCUT2D eigenvalue weighted by atomic mass is 9.87. The van der Waals surface area contributed by atoms with Crippen molar-refractivity contribution in [2.45, 2.75) is 26.8 Å². The van der Waals surface area contributed by atoms with Gasteiger partial charge in [0.25, 0.3) is 0 Å². The first-order valence-corrected chi connectivity index (χ1v) is 9.03. The van der Waals surface area contributed by atoms with E-state index in [1.165, 1.54) is 5.56 Å². The van der Waals surface area contributed by atoms with Crippen LogP contribution in [-0.2, 0) is 11.3 Å². The number of hydrogen-bond donors (Lipinski definition) is 0. The van der Waals surface area contributed by atoms with E-state index in [9.17, 15) is 0 Å². The molecule has 2 saturated heterocycles. The van der Waals surface area contributed by atoms with Crippen molar-refractivity contribution in [3.63, 3.8) is 0 Å². The molecular formula is C19H26N4O2. The average molecular weight is 342 g/mol. The Morgan fingerprint density at radius 1 is 1.20 bits per heavy atom. The van der Waals surface area contributed by atoms with E-state index < -0.39 is 0 Å². The second-order valence-corrected chi connectivity index (χ2v) is 7.43. The van der Waals surface area contributed by atoms with Crippen LogP contribution < -0.4 is 4.90 Å². The topological polar surface area (TPSA) is 54.6 Å². The largest absolute Gasteiger partial charge is 0.379 e. The molecule has 1 atom stereocenters. The van der Waals surface area contributed by atoms with Crippen molar-refractivity contribution in [1.82, 2.24) is 15.0 Å². The minimum atomic E-state index is 0.174. The molecule has 0 amide bonds. The number of anilines is 1. The molecule has 0 radical (unpaired) electrons. The number of ether oxygens (including phenoxy) is 1. The Morgan fingerprint density at radius 3 is 2.88 bits per heavy atom. The van der Waals surface area contributed by atoms with Gasteiger partial charge < -0.3 is 14.2 Å². The van der Waals surface area contributed by atoms with Crippen LogP contribution in [0.5, 0.6) is 0 Å². The zero-order chi connectivity index (χ0) is 17.3. The Morgan fingerprint density at radius 2 is 2.12 bits per heavy atom. The van der Waals surface area contributed by atoms with Crippen LogP contribution in [0.25, 0.3) is 0 Å². The first-order chi connectivity index (χ1) is 12.2. The monoisotopic (exact) mass is 342 g/mol.